The van der Waals surface area contributed by atoms with Gasteiger partial charge < -0.3 is 15.5 Å². The van der Waals surface area contributed by atoms with Crippen molar-refractivity contribution in [2.24, 2.45) is 0 Å². The fourth-order valence-corrected chi connectivity index (χ4v) is 2.21. The molecular formula is C18H19N5O2. The number of amides is 3. The van der Waals surface area contributed by atoms with Crippen LogP contribution >= 0.6 is 0 Å². The number of nitrogens with one attached hydrogen (secondary N) is 2. The van der Waals surface area contributed by atoms with E-state index < -0.39 is 12.1 Å². The fraction of sp³-hybridized carbons (Fsp3) is 0.222. The van der Waals surface area contributed by atoms with Crippen LogP contribution in [0.2, 0.25) is 0 Å². The van der Waals surface area contributed by atoms with Crippen molar-refractivity contribution in [2.75, 3.05) is 19.4 Å². The summed E-state index contributed by atoms with van der Waals surface area (Å²) in [5.41, 5.74) is 1.53. The molecular weight excluding hydrogens is 318 g/mol. The van der Waals surface area contributed by atoms with Gasteiger partial charge in [-0.15, -0.1) is 0 Å². The molecule has 0 saturated heterocycles. The van der Waals surface area contributed by atoms with E-state index in [1.54, 1.807) is 20.2 Å². The van der Waals surface area contributed by atoms with E-state index in [9.17, 15) is 9.59 Å². The third kappa shape index (κ3) is 5.04. The summed E-state index contributed by atoms with van der Waals surface area (Å²) < 4.78 is 0. The van der Waals surface area contributed by atoms with Crippen molar-refractivity contribution < 1.29 is 9.59 Å². The summed E-state index contributed by atoms with van der Waals surface area (Å²) in [6.07, 6.45) is 1.61. The van der Waals surface area contributed by atoms with Crippen LogP contribution in [0.4, 0.5) is 10.5 Å². The van der Waals surface area contributed by atoms with Crippen LogP contribution in [0.5, 0.6) is 0 Å². The van der Waals surface area contributed by atoms with E-state index in [0.29, 0.717) is 5.69 Å². The van der Waals surface area contributed by atoms with Gasteiger partial charge in [0.2, 0.25) is 0 Å². The van der Waals surface area contributed by atoms with Crippen LogP contribution in [0.3, 0.4) is 0 Å². The lowest BCUT2D eigenvalue weighted by atomic mass is 10.0. The van der Waals surface area contributed by atoms with Gasteiger partial charge in [-0.3, -0.25) is 9.78 Å². The molecule has 2 rings (SSSR count). The first-order valence-corrected chi connectivity index (χ1v) is 7.68. The predicted octanol–water partition coefficient (Wildman–Crippen LogP) is 2.56. The first-order chi connectivity index (χ1) is 12.0. The van der Waals surface area contributed by atoms with Gasteiger partial charge >= 0.3 is 6.03 Å². The highest BCUT2D eigenvalue weighted by molar-refractivity contribution is 5.95. The normalized spacial score (nSPS) is 11.1. The first kappa shape index (κ1) is 17.9. The Balaban J connectivity index is 2.07. The molecule has 0 bridgehead atoms. The molecule has 0 aliphatic heterocycles. The van der Waals surface area contributed by atoms with Crippen LogP contribution in [0.15, 0.2) is 48.7 Å². The van der Waals surface area contributed by atoms with Gasteiger partial charge in [-0.05, 0) is 17.7 Å². The second-order valence-electron chi connectivity index (χ2n) is 5.55. The molecule has 7 heteroatoms. The lowest BCUT2D eigenvalue weighted by Gasteiger charge is -2.17. The van der Waals surface area contributed by atoms with Crippen molar-refractivity contribution in [1.82, 2.24) is 15.2 Å². The van der Waals surface area contributed by atoms with E-state index in [1.165, 1.54) is 17.2 Å². The van der Waals surface area contributed by atoms with Gasteiger partial charge in [-0.25, -0.2) is 4.79 Å². The summed E-state index contributed by atoms with van der Waals surface area (Å²) in [6, 6.07) is 13.5. The van der Waals surface area contributed by atoms with Crippen LogP contribution < -0.4 is 10.6 Å². The van der Waals surface area contributed by atoms with Gasteiger partial charge in [0, 0.05) is 26.0 Å². The maximum atomic E-state index is 12.2. The summed E-state index contributed by atoms with van der Waals surface area (Å²) in [5.74, 6) is -0.254. The van der Waals surface area contributed by atoms with Crippen molar-refractivity contribution in [1.29, 1.82) is 5.26 Å². The summed E-state index contributed by atoms with van der Waals surface area (Å²) >= 11 is 0. The van der Waals surface area contributed by atoms with E-state index in [4.69, 9.17) is 5.26 Å². The number of pyridine rings is 1. The second kappa shape index (κ2) is 8.45. The van der Waals surface area contributed by atoms with E-state index in [1.807, 2.05) is 30.3 Å². The van der Waals surface area contributed by atoms with Gasteiger partial charge in [0.15, 0.2) is 0 Å². The molecule has 0 aliphatic carbocycles. The van der Waals surface area contributed by atoms with E-state index >= 15 is 0 Å². The van der Waals surface area contributed by atoms with E-state index in [0.717, 1.165) is 5.56 Å². The maximum Gasteiger partial charge on any atom is 0.319 e. The minimum atomic E-state index is -0.460. The third-order valence-electron chi connectivity index (χ3n) is 3.45. The molecule has 0 radical (unpaired) electrons. The number of nitriles is 1. The van der Waals surface area contributed by atoms with Crippen molar-refractivity contribution >= 4 is 17.6 Å². The number of rotatable bonds is 5. The van der Waals surface area contributed by atoms with Crippen molar-refractivity contribution in [3.8, 4) is 6.07 Å². The molecule has 25 heavy (non-hydrogen) atoms. The van der Waals surface area contributed by atoms with Crippen LogP contribution in [0.1, 0.15) is 28.5 Å². The van der Waals surface area contributed by atoms with Gasteiger partial charge in [-0.1, -0.05) is 30.3 Å². The van der Waals surface area contributed by atoms with Crippen molar-refractivity contribution in [3.63, 3.8) is 0 Å². The number of carbonyl (C=O) groups is 2. The van der Waals surface area contributed by atoms with Gasteiger partial charge in [0.1, 0.15) is 5.69 Å². The lowest BCUT2D eigenvalue weighted by Crippen LogP contribution is -2.32. The Morgan fingerprint density at radius 3 is 2.60 bits per heavy atom. The molecule has 0 saturated carbocycles. The number of hydrogen-bond donors (Lipinski definition) is 2. The number of hydrogen-bond acceptors (Lipinski definition) is 4. The third-order valence-corrected chi connectivity index (χ3v) is 3.45. The molecule has 1 atom stereocenters. The summed E-state index contributed by atoms with van der Waals surface area (Å²) in [7, 11) is 3.26. The maximum absolute atomic E-state index is 12.2. The number of nitrogens with zero attached hydrogens (tertiary/aromatic N) is 3. The Morgan fingerprint density at radius 1 is 1.24 bits per heavy atom. The lowest BCUT2D eigenvalue weighted by molar-refractivity contribution is 0.0822. The van der Waals surface area contributed by atoms with Crippen LogP contribution in [-0.2, 0) is 0 Å². The number of benzene rings is 1. The van der Waals surface area contributed by atoms with Crippen LogP contribution in [0.25, 0.3) is 0 Å². The summed E-state index contributed by atoms with van der Waals surface area (Å²) in [5, 5.41) is 14.4. The van der Waals surface area contributed by atoms with Crippen molar-refractivity contribution in [3.05, 3.63) is 59.9 Å². The number of carbonyl (C=O) groups excluding carboxylic acids is 2. The molecule has 2 N–H and O–H groups in total. The second-order valence-corrected chi connectivity index (χ2v) is 5.55. The topological polar surface area (TPSA) is 98.1 Å². The molecule has 0 fully saturated rings. The Hall–Kier alpha value is -3.40. The molecule has 0 spiro atoms. The molecule has 0 aliphatic rings. The first-order valence-electron chi connectivity index (χ1n) is 7.68. The smallest absolute Gasteiger partial charge is 0.319 e. The van der Waals surface area contributed by atoms with Gasteiger partial charge in [-0.2, -0.15) is 5.26 Å². The SMILES string of the molecule is CN(C)C(=O)c1cc(NC(=O)NC(CC#N)c2ccccc2)ccn1. The molecule has 1 aromatic heterocycles. The standard InChI is InChI=1S/C18H19N5O2/c1-23(2)17(24)16-12-14(9-11-20-16)21-18(25)22-15(8-10-19)13-6-4-3-5-7-13/h3-7,9,11-12,15H,8H2,1-2H3,(H2,20,21,22,25). The minimum absolute atomic E-state index is 0.151. The zero-order chi connectivity index (χ0) is 18.2. The monoisotopic (exact) mass is 337 g/mol. The molecule has 128 valence electrons. The Bertz CT molecular complexity index is 784. The quantitative estimate of drug-likeness (QED) is 0.876. The van der Waals surface area contributed by atoms with E-state index in [-0.39, 0.29) is 18.0 Å². The molecule has 2 aromatic rings. The number of anilines is 1. The van der Waals surface area contributed by atoms with Crippen LogP contribution in [0, 0.1) is 11.3 Å². The average molecular weight is 337 g/mol. The van der Waals surface area contributed by atoms with Gasteiger partial charge in [0.05, 0.1) is 18.5 Å². The average Bonchev–Trinajstić information content (AvgIpc) is 2.61. The Morgan fingerprint density at radius 2 is 1.96 bits per heavy atom. The zero-order valence-electron chi connectivity index (χ0n) is 14.1. The molecule has 1 aromatic carbocycles. The number of aromatic nitrogens is 1. The highest BCUT2D eigenvalue weighted by Crippen LogP contribution is 2.16. The molecule has 7 nitrogen and oxygen atoms in total. The summed E-state index contributed by atoms with van der Waals surface area (Å²) in [4.78, 5) is 29.6. The highest BCUT2D eigenvalue weighted by atomic mass is 16.2. The van der Waals surface area contributed by atoms with E-state index in [2.05, 4.69) is 21.7 Å². The molecule has 1 heterocycles. The highest BCUT2D eigenvalue weighted by Gasteiger charge is 2.15. The molecule has 1 unspecified atom stereocenters. The fourth-order valence-electron chi connectivity index (χ4n) is 2.21. The predicted molar refractivity (Wildman–Crippen MR) is 93.8 cm³/mol. The van der Waals surface area contributed by atoms with Gasteiger partial charge in [0.25, 0.3) is 5.91 Å². The van der Waals surface area contributed by atoms with Crippen molar-refractivity contribution in [2.45, 2.75) is 12.5 Å². The number of urea groups is 1. The zero-order valence-corrected chi connectivity index (χ0v) is 14.1. The summed E-state index contributed by atoms with van der Waals surface area (Å²) in [6.45, 7) is 0. The Labute approximate surface area is 146 Å². The largest absolute Gasteiger partial charge is 0.343 e. The minimum Gasteiger partial charge on any atom is -0.343 e. The Kier molecular flexibility index (Phi) is 6.07. The molecule has 3 amide bonds. The van der Waals surface area contributed by atoms with Crippen LogP contribution in [-0.4, -0.2) is 35.9 Å².